The minimum absolute atomic E-state index is 0.628. The predicted octanol–water partition coefficient (Wildman–Crippen LogP) is -5.90. The molecule has 2 aliphatic rings. The molecule has 0 bridgehead atoms. The van der Waals surface area contributed by atoms with Gasteiger partial charge >= 0.3 is 5.97 Å². The Morgan fingerprint density at radius 1 is 1.03 bits per heavy atom. The van der Waals surface area contributed by atoms with Gasteiger partial charge in [0.2, 0.25) is 11.8 Å². The van der Waals surface area contributed by atoms with Crippen LogP contribution >= 0.6 is 0 Å². The van der Waals surface area contributed by atoms with E-state index in [-0.39, 0.29) is 0 Å². The highest BCUT2D eigenvalue weighted by Gasteiger charge is 2.56. The number of ether oxygens (including phenoxy) is 3. The van der Waals surface area contributed by atoms with Gasteiger partial charge in [-0.2, -0.15) is 0 Å². The Morgan fingerprint density at radius 3 is 2.11 bits per heavy atom. The zero-order valence-electron chi connectivity index (χ0n) is 18.9. The summed E-state index contributed by atoms with van der Waals surface area (Å²) in [6, 6.07) is -2.80. The first-order chi connectivity index (χ1) is 16.2. The molecule has 0 aromatic rings. The standard InChI is InChI=1S/C19H32N2O14/c1-6(23)20-11-8(25)3-19(18(31)32,35-16(11)13(27)9(26)4-22)33-5-10-14(28)15(29)12(17(30)34-10)21-7(2)24/h8-17,22,25-30H,3-5H2,1-2H3,(H,20,23)(H,21,24)(H,31,32)/t8-,9+,10+,11+,12+,13+,14-,15+,16+,17-,19+/m0/s1. The molecule has 0 unspecified atom stereocenters. The van der Waals surface area contributed by atoms with Crippen molar-refractivity contribution in [3.05, 3.63) is 0 Å². The zero-order chi connectivity index (χ0) is 26.7. The van der Waals surface area contributed by atoms with Crippen molar-refractivity contribution in [2.45, 2.75) is 87.2 Å². The van der Waals surface area contributed by atoms with Gasteiger partial charge in [0.15, 0.2) is 6.29 Å². The number of hydrogen-bond donors (Lipinski definition) is 10. The van der Waals surface area contributed by atoms with Crippen LogP contribution in [0.3, 0.4) is 0 Å². The Labute approximate surface area is 199 Å². The van der Waals surface area contributed by atoms with E-state index < -0.39 is 104 Å². The van der Waals surface area contributed by atoms with Gasteiger partial charge in [0.05, 0.1) is 25.4 Å². The number of carboxylic acid groups (broad SMARTS) is 1. The normalized spacial score (nSPS) is 39.3. The first kappa shape index (κ1) is 29.2. The smallest absolute Gasteiger partial charge is 0.364 e. The van der Waals surface area contributed by atoms with Crippen molar-refractivity contribution < 1.29 is 69.4 Å². The Kier molecular flexibility index (Phi) is 9.88. The van der Waals surface area contributed by atoms with Crippen molar-refractivity contribution in [2.75, 3.05) is 13.2 Å². The van der Waals surface area contributed by atoms with Gasteiger partial charge in [0, 0.05) is 20.3 Å². The second-order valence-electron chi connectivity index (χ2n) is 8.46. The summed E-state index contributed by atoms with van der Waals surface area (Å²) in [5, 5.41) is 84.9. The molecule has 0 aromatic heterocycles. The highest BCUT2D eigenvalue weighted by molar-refractivity contribution is 5.76. The Balaban J connectivity index is 2.25. The molecule has 0 aromatic carbocycles. The van der Waals surface area contributed by atoms with Crippen LogP contribution in [0.15, 0.2) is 0 Å². The number of aliphatic hydroxyl groups excluding tert-OH is 7. The van der Waals surface area contributed by atoms with Gasteiger partial charge in [-0.3, -0.25) is 9.59 Å². The van der Waals surface area contributed by atoms with E-state index in [0.29, 0.717) is 0 Å². The first-order valence-electron chi connectivity index (χ1n) is 10.7. The lowest BCUT2D eigenvalue weighted by molar-refractivity contribution is -0.328. The minimum atomic E-state index is -2.71. The van der Waals surface area contributed by atoms with Crippen LogP contribution in [0.5, 0.6) is 0 Å². The molecule has 11 atom stereocenters. The van der Waals surface area contributed by atoms with Crippen molar-refractivity contribution in [1.29, 1.82) is 0 Å². The third-order valence-electron chi connectivity index (χ3n) is 5.76. The quantitative estimate of drug-likeness (QED) is 0.138. The van der Waals surface area contributed by atoms with E-state index in [2.05, 4.69) is 10.6 Å². The molecule has 10 N–H and O–H groups in total. The summed E-state index contributed by atoms with van der Waals surface area (Å²) in [7, 11) is 0. The van der Waals surface area contributed by atoms with Gasteiger partial charge in [-0.15, -0.1) is 0 Å². The molecule has 2 aliphatic heterocycles. The molecule has 16 nitrogen and oxygen atoms in total. The average Bonchev–Trinajstić information content (AvgIpc) is 2.78. The largest absolute Gasteiger partial charge is 0.477 e. The second-order valence-corrected chi connectivity index (χ2v) is 8.46. The predicted molar refractivity (Wildman–Crippen MR) is 109 cm³/mol. The maximum Gasteiger partial charge on any atom is 0.364 e. The first-order valence-corrected chi connectivity index (χ1v) is 10.7. The second kappa shape index (κ2) is 11.8. The fourth-order valence-corrected chi connectivity index (χ4v) is 3.97. The van der Waals surface area contributed by atoms with E-state index in [1.54, 1.807) is 0 Å². The molecule has 16 heteroatoms. The highest BCUT2D eigenvalue weighted by atomic mass is 16.7. The number of carboxylic acids is 1. The summed E-state index contributed by atoms with van der Waals surface area (Å²) in [6.07, 6.45) is -14.9. The molecular weight excluding hydrogens is 480 g/mol. The molecule has 2 saturated heterocycles. The molecule has 2 fully saturated rings. The summed E-state index contributed by atoms with van der Waals surface area (Å²) in [5.41, 5.74) is 0. The molecule has 2 rings (SSSR count). The minimum Gasteiger partial charge on any atom is -0.477 e. The average molecular weight is 512 g/mol. The molecule has 35 heavy (non-hydrogen) atoms. The zero-order valence-corrected chi connectivity index (χ0v) is 18.9. The molecular formula is C19H32N2O14. The summed E-state index contributed by atoms with van der Waals surface area (Å²) < 4.78 is 15.9. The van der Waals surface area contributed by atoms with E-state index in [4.69, 9.17) is 19.3 Å². The van der Waals surface area contributed by atoms with Crippen molar-refractivity contribution in [3.8, 4) is 0 Å². The summed E-state index contributed by atoms with van der Waals surface area (Å²) in [4.78, 5) is 34.9. The van der Waals surface area contributed by atoms with Crippen LogP contribution in [0.4, 0.5) is 0 Å². The number of aliphatic carboxylic acids is 1. The van der Waals surface area contributed by atoms with Crippen molar-refractivity contribution in [2.24, 2.45) is 0 Å². The highest BCUT2D eigenvalue weighted by Crippen LogP contribution is 2.34. The van der Waals surface area contributed by atoms with Crippen molar-refractivity contribution in [3.63, 3.8) is 0 Å². The third kappa shape index (κ3) is 6.62. The van der Waals surface area contributed by atoms with E-state index in [1.165, 1.54) is 0 Å². The Morgan fingerprint density at radius 2 is 1.60 bits per heavy atom. The fourth-order valence-electron chi connectivity index (χ4n) is 3.97. The summed E-state index contributed by atoms with van der Waals surface area (Å²) in [5.74, 6) is -5.80. The number of rotatable bonds is 9. The number of aliphatic hydroxyl groups is 7. The van der Waals surface area contributed by atoms with Gasteiger partial charge < -0.3 is 65.7 Å². The van der Waals surface area contributed by atoms with Crippen LogP contribution in [-0.4, -0.2) is 139 Å². The Hall–Kier alpha value is -1.99. The van der Waals surface area contributed by atoms with Gasteiger partial charge in [-0.25, -0.2) is 4.79 Å². The van der Waals surface area contributed by atoms with E-state index in [0.717, 1.165) is 13.8 Å². The fraction of sp³-hybridized carbons (Fsp3) is 0.842. The van der Waals surface area contributed by atoms with E-state index in [9.17, 15) is 50.1 Å². The lowest BCUT2D eigenvalue weighted by Gasteiger charge is -2.47. The van der Waals surface area contributed by atoms with Crippen LogP contribution in [0.25, 0.3) is 0 Å². The van der Waals surface area contributed by atoms with Crippen LogP contribution in [-0.2, 0) is 28.6 Å². The molecule has 0 spiro atoms. The summed E-state index contributed by atoms with van der Waals surface area (Å²) in [6.45, 7) is 0.409. The molecule has 2 heterocycles. The van der Waals surface area contributed by atoms with Gasteiger partial charge in [0.1, 0.15) is 42.7 Å². The van der Waals surface area contributed by atoms with E-state index in [1.807, 2.05) is 0 Å². The van der Waals surface area contributed by atoms with Crippen molar-refractivity contribution in [1.82, 2.24) is 10.6 Å². The summed E-state index contributed by atoms with van der Waals surface area (Å²) >= 11 is 0. The lowest BCUT2D eigenvalue weighted by atomic mass is 9.88. The van der Waals surface area contributed by atoms with Gasteiger partial charge in [-0.05, 0) is 0 Å². The number of nitrogens with one attached hydrogen (secondary N) is 2. The molecule has 2 amide bonds. The van der Waals surface area contributed by atoms with E-state index >= 15 is 0 Å². The van der Waals surface area contributed by atoms with Crippen molar-refractivity contribution >= 4 is 17.8 Å². The van der Waals surface area contributed by atoms with Gasteiger partial charge in [-0.1, -0.05) is 0 Å². The number of hydrogen-bond acceptors (Lipinski definition) is 13. The molecule has 0 saturated carbocycles. The van der Waals surface area contributed by atoms with Crippen LogP contribution in [0.2, 0.25) is 0 Å². The maximum atomic E-state index is 12.1. The Bertz CT molecular complexity index is 770. The van der Waals surface area contributed by atoms with Gasteiger partial charge in [0.25, 0.3) is 5.79 Å². The number of carbonyl (C=O) groups excluding carboxylic acids is 2. The third-order valence-corrected chi connectivity index (χ3v) is 5.76. The SMILES string of the molecule is CC(=O)N[C@@H]1[C@@H](O)[C@@H](O)[C@@H](CO[C@]2(C(=O)O)C[C@H](O)[C@@H](NC(C)=O)[C@H]([C@H](O)[C@H](O)CO)O2)O[C@@H]1O. The van der Waals surface area contributed by atoms with Crippen LogP contribution in [0, 0.1) is 0 Å². The molecule has 0 radical (unpaired) electrons. The van der Waals surface area contributed by atoms with Crippen LogP contribution in [0.1, 0.15) is 20.3 Å². The topological polar surface area (TPSA) is 265 Å². The number of carbonyl (C=O) groups is 3. The van der Waals surface area contributed by atoms with Crippen LogP contribution < -0.4 is 10.6 Å². The molecule has 0 aliphatic carbocycles. The molecule has 202 valence electrons. The monoisotopic (exact) mass is 512 g/mol. The number of amides is 2. The lowest BCUT2D eigenvalue weighted by Crippen LogP contribution is -2.68. The maximum absolute atomic E-state index is 12.1.